The van der Waals surface area contributed by atoms with Gasteiger partial charge in [-0.3, -0.25) is 4.98 Å². The minimum absolute atomic E-state index is 0.667. The van der Waals surface area contributed by atoms with E-state index in [0.717, 1.165) is 49.3 Å². The standard InChI is InChI=1S/C17H21N7/c1-13-10-16(22(2)3)21-17(20-13)24-8-6-23(7-9-24)15-12-19-5-4-14(15)11-18/h4-5,10,12H,6-9H2,1-3H3. The number of rotatable bonds is 3. The van der Waals surface area contributed by atoms with Gasteiger partial charge in [-0.05, 0) is 13.0 Å². The smallest absolute Gasteiger partial charge is 0.227 e. The quantitative estimate of drug-likeness (QED) is 0.846. The SMILES string of the molecule is Cc1cc(N(C)C)nc(N2CCN(c3cnccc3C#N)CC2)n1. The fourth-order valence-electron chi connectivity index (χ4n) is 2.79. The second-order valence-electron chi connectivity index (χ2n) is 6.04. The highest BCUT2D eigenvalue weighted by atomic mass is 15.3. The van der Waals surface area contributed by atoms with Gasteiger partial charge in [0.15, 0.2) is 0 Å². The van der Waals surface area contributed by atoms with Crippen LogP contribution < -0.4 is 14.7 Å². The molecule has 24 heavy (non-hydrogen) atoms. The molecular weight excluding hydrogens is 302 g/mol. The van der Waals surface area contributed by atoms with Crippen molar-refractivity contribution in [2.75, 3.05) is 55.0 Å². The molecule has 124 valence electrons. The Labute approximate surface area is 142 Å². The zero-order valence-electron chi connectivity index (χ0n) is 14.3. The van der Waals surface area contributed by atoms with Gasteiger partial charge in [0.1, 0.15) is 11.9 Å². The van der Waals surface area contributed by atoms with Crippen molar-refractivity contribution in [3.63, 3.8) is 0 Å². The number of nitrogens with zero attached hydrogens (tertiary/aromatic N) is 7. The second-order valence-corrected chi connectivity index (χ2v) is 6.04. The second kappa shape index (κ2) is 6.71. The molecule has 0 aromatic carbocycles. The van der Waals surface area contributed by atoms with Gasteiger partial charge in [0, 0.05) is 58.2 Å². The first kappa shape index (κ1) is 16.0. The average molecular weight is 323 g/mol. The Morgan fingerprint density at radius 3 is 2.50 bits per heavy atom. The van der Waals surface area contributed by atoms with Crippen LogP contribution in [0.3, 0.4) is 0 Å². The Kier molecular flexibility index (Phi) is 4.47. The summed E-state index contributed by atoms with van der Waals surface area (Å²) in [6.45, 7) is 5.25. The summed E-state index contributed by atoms with van der Waals surface area (Å²) in [6, 6.07) is 5.98. The van der Waals surface area contributed by atoms with Crippen LogP contribution in [0.4, 0.5) is 17.5 Å². The number of aromatic nitrogens is 3. The Bertz CT molecular complexity index is 758. The van der Waals surface area contributed by atoms with Crippen LogP contribution in [0, 0.1) is 18.3 Å². The van der Waals surface area contributed by atoms with Crippen LogP contribution in [-0.4, -0.2) is 55.2 Å². The predicted molar refractivity (Wildman–Crippen MR) is 94.5 cm³/mol. The maximum Gasteiger partial charge on any atom is 0.227 e. The molecule has 7 nitrogen and oxygen atoms in total. The van der Waals surface area contributed by atoms with E-state index in [1.165, 1.54) is 0 Å². The van der Waals surface area contributed by atoms with Crippen molar-refractivity contribution in [3.8, 4) is 6.07 Å². The summed E-state index contributed by atoms with van der Waals surface area (Å²) < 4.78 is 0. The van der Waals surface area contributed by atoms with Gasteiger partial charge >= 0.3 is 0 Å². The summed E-state index contributed by atoms with van der Waals surface area (Å²) in [4.78, 5) is 19.8. The van der Waals surface area contributed by atoms with Crippen molar-refractivity contribution in [2.24, 2.45) is 0 Å². The van der Waals surface area contributed by atoms with Crippen molar-refractivity contribution in [2.45, 2.75) is 6.92 Å². The van der Waals surface area contributed by atoms with Gasteiger partial charge in [0.25, 0.3) is 0 Å². The minimum atomic E-state index is 0.667. The van der Waals surface area contributed by atoms with Crippen LogP contribution >= 0.6 is 0 Å². The molecule has 0 bridgehead atoms. The molecule has 2 aromatic rings. The summed E-state index contributed by atoms with van der Waals surface area (Å²) in [5.74, 6) is 1.68. The van der Waals surface area contributed by atoms with Crippen LogP contribution in [0.15, 0.2) is 24.5 Å². The third kappa shape index (κ3) is 3.23. The molecule has 0 amide bonds. The van der Waals surface area contributed by atoms with E-state index in [-0.39, 0.29) is 0 Å². The molecule has 3 rings (SSSR count). The van der Waals surface area contributed by atoms with E-state index in [0.29, 0.717) is 5.56 Å². The summed E-state index contributed by atoms with van der Waals surface area (Å²) in [5, 5.41) is 9.25. The van der Waals surface area contributed by atoms with Gasteiger partial charge in [-0.15, -0.1) is 0 Å². The summed E-state index contributed by atoms with van der Waals surface area (Å²) in [6.07, 6.45) is 3.42. The van der Waals surface area contributed by atoms with Crippen LogP contribution in [0.2, 0.25) is 0 Å². The largest absolute Gasteiger partial charge is 0.366 e. The minimum Gasteiger partial charge on any atom is -0.366 e. The van der Waals surface area contributed by atoms with Crippen LogP contribution in [0.5, 0.6) is 0 Å². The molecule has 0 saturated carbocycles. The average Bonchev–Trinajstić information content (AvgIpc) is 2.61. The van der Waals surface area contributed by atoms with Crippen molar-refractivity contribution in [1.29, 1.82) is 5.26 Å². The molecule has 0 radical (unpaired) electrons. The maximum absolute atomic E-state index is 9.25. The number of aryl methyl sites for hydroxylation is 1. The Morgan fingerprint density at radius 1 is 1.12 bits per heavy atom. The number of piperazine rings is 1. The van der Waals surface area contributed by atoms with E-state index >= 15 is 0 Å². The lowest BCUT2D eigenvalue weighted by atomic mass is 10.2. The van der Waals surface area contributed by atoms with Crippen molar-refractivity contribution in [1.82, 2.24) is 15.0 Å². The lowest BCUT2D eigenvalue weighted by Crippen LogP contribution is -2.47. The first-order valence-electron chi connectivity index (χ1n) is 7.95. The van der Waals surface area contributed by atoms with E-state index in [1.807, 2.05) is 32.0 Å². The normalized spacial score (nSPS) is 14.4. The van der Waals surface area contributed by atoms with E-state index in [9.17, 15) is 5.26 Å². The van der Waals surface area contributed by atoms with Crippen molar-refractivity contribution >= 4 is 17.5 Å². The van der Waals surface area contributed by atoms with E-state index in [2.05, 4.69) is 30.8 Å². The molecule has 1 aliphatic heterocycles. The topological polar surface area (TPSA) is 72.2 Å². The third-order valence-electron chi connectivity index (χ3n) is 4.11. The predicted octanol–water partition coefficient (Wildman–Crippen LogP) is 1.44. The molecule has 3 heterocycles. The molecule has 0 unspecified atom stereocenters. The van der Waals surface area contributed by atoms with Gasteiger partial charge in [0.05, 0.1) is 17.4 Å². The molecule has 0 spiro atoms. The van der Waals surface area contributed by atoms with Crippen molar-refractivity contribution < 1.29 is 0 Å². The molecule has 7 heteroatoms. The molecule has 1 fully saturated rings. The van der Waals surface area contributed by atoms with Crippen molar-refractivity contribution in [3.05, 3.63) is 35.8 Å². The zero-order chi connectivity index (χ0) is 17.1. The van der Waals surface area contributed by atoms with Crippen LogP contribution in [0.25, 0.3) is 0 Å². The number of nitriles is 1. The van der Waals surface area contributed by atoms with Gasteiger partial charge in [-0.2, -0.15) is 10.2 Å². The van der Waals surface area contributed by atoms with Crippen LogP contribution in [0.1, 0.15) is 11.3 Å². The highest BCUT2D eigenvalue weighted by Crippen LogP contribution is 2.22. The van der Waals surface area contributed by atoms with E-state index in [1.54, 1.807) is 18.5 Å². The molecule has 0 N–H and O–H groups in total. The fourth-order valence-corrected chi connectivity index (χ4v) is 2.79. The maximum atomic E-state index is 9.25. The Balaban J connectivity index is 1.75. The number of pyridine rings is 1. The number of anilines is 3. The highest BCUT2D eigenvalue weighted by Gasteiger charge is 2.21. The molecule has 0 atom stereocenters. The van der Waals surface area contributed by atoms with Gasteiger partial charge < -0.3 is 14.7 Å². The molecule has 1 aliphatic rings. The van der Waals surface area contributed by atoms with Gasteiger partial charge in [0.2, 0.25) is 5.95 Å². The van der Waals surface area contributed by atoms with Gasteiger partial charge in [-0.1, -0.05) is 0 Å². The number of hydrogen-bond acceptors (Lipinski definition) is 7. The summed E-state index contributed by atoms with van der Waals surface area (Å²) in [5.41, 5.74) is 2.53. The first-order chi connectivity index (χ1) is 11.6. The molecular formula is C17H21N7. The van der Waals surface area contributed by atoms with Crippen LogP contribution in [-0.2, 0) is 0 Å². The fraction of sp³-hybridized carbons (Fsp3) is 0.412. The van der Waals surface area contributed by atoms with E-state index in [4.69, 9.17) is 0 Å². The Hall–Kier alpha value is -2.88. The Morgan fingerprint density at radius 2 is 1.83 bits per heavy atom. The molecule has 0 aliphatic carbocycles. The lowest BCUT2D eigenvalue weighted by Gasteiger charge is -2.36. The first-order valence-corrected chi connectivity index (χ1v) is 7.95. The highest BCUT2D eigenvalue weighted by molar-refractivity contribution is 5.58. The lowest BCUT2D eigenvalue weighted by molar-refractivity contribution is 0.638. The summed E-state index contributed by atoms with van der Waals surface area (Å²) >= 11 is 0. The molecule has 2 aromatic heterocycles. The van der Waals surface area contributed by atoms with E-state index < -0.39 is 0 Å². The third-order valence-corrected chi connectivity index (χ3v) is 4.11. The zero-order valence-corrected chi connectivity index (χ0v) is 14.3. The summed E-state index contributed by atoms with van der Waals surface area (Å²) in [7, 11) is 3.96. The monoisotopic (exact) mass is 323 g/mol. The van der Waals surface area contributed by atoms with Gasteiger partial charge in [-0.25, -0.2) is 4.98 Å². The molecule has 1 saturated heterocycles. The number of hydrogen-bond donors (Lipinski definition) is 0.